The number of hydrogen-bond donors (Lipinski definition) is 1. The second-order valence-corrected chi connectivity index (χ2v) is 6.66. The van der Waals surface area contributed by atoms with Gasteiger partial charge in [0.2, 0.25) is 5.91 Å². The van der Waals surface area contributed by atoms with Crippen LogP contribution >= 0.6 is 0 Å². The number of fused-ring (bicyclic) bond motifs is 1. The summed E-state index contributed by atoms with van der Waals surface area (Å²) in [6.07, 6.45) is 2.35. The van der Waals surface area contributed by atoms with Crippen LogP contribution in [-0.4, -0.2) is 18.5 Å². The zero-order valence-electron chi connectivity index (χ0n) is 12.1. The molecule has 104 valence electrons. The standard InChI is InChI=1S/C16H24N2O/c1-16(2,3)9-8-15(19)18-11-13(17)10-12-6-4-5-7-14(12)18/h4-7,13H,8-11,17H2,1-3H3. The maximum Gasteiger partial charge on any atom is 0.227 e. The largest absolute Gasteiger partial charge is 0.326 e. The SMILES string of the molecule is CC(C)(C)CCC(=O)N1CC(N)Cc2ccccc21. The third-order valence-electron chi connectivity index (χ3n) is 3.57. The van der Waals surface area contributed by atoms with Crippen molar-refractivity contribution >= 4 is 11.6 Å². The molecule has 0 radical (unpaired) electrons. The minimum Gasteiger partial charge on any atom is -0.326 e. The van der Waals surface area contributed by atoms with E-state index >= 15 is 0 Å². The summed E-state index contributed by atoms with van der Waals surface area (Å²) < 4.78 is 0. The minimum absolute atomic E-state index is 0.0495. The van der Waals surface area contributed by atoms with E-state index in [4.69, 9.17) is 5.73 Å². The molecule has 1 amide bonds. The zero-order chi connectivity index (χ0) is 14.0. The van der Waals surface area contributed by atoms with Crippen molar-refractivity contribution in [3.8, 4) is 0 Å². The number of rotatable bonds is 2. The van der Waals surface area contributed by atoms with Gasteiger partial charge in [0.25, 0.3) is 0 Å². The highest BCUT2D eigenvalue weighted by Crippen LogP contribution is 2.28. The Morgan fingerprint density at radius 1 is 1.37 bits per heavy atom. The zero-order valence-corrected chi connectivity index (χ0v) is 12.1. The molecule has 1 unspecified atom stereocenters. The van der Waals surface area contributed by atoms with Crippen LogP contribution in [0, 0.1) is 5.41 Å². The van der Waals surface area contributed by atoms with Crippen molar-refractivity contribution < 1.29 is 4.79 Å². The Morgan fingerprint density at radius 3 is 2.74 bits per heavy atom. The smallest absolute Gasteiger partial charge is 0.227 e. The summed E-state index contributed by atoms with van der Waals surface area (Å²) in [5.74, 6) is 0.192. The Morgan fingerprint density at radius 2 is 2.05 bits per heavy atom. The van der Waals surface area contributed by atoms with E-state index in [-0.39, 0.29) is 17.4 Å². The number of anilines is 1. The van der Waals surface area contributed by atoms with Gasteiger partial charge in [0.15, 0.2) is 0 Å². The normalized spacial score (nSPS) is 19.2. The topological polar surface area (TPSA) is 46.3 Å². The predicted octanol–water partition coefficient (Wildman–Crippen LogP) is 2.73. The lowest BCUT2D eigenvalue weighted by Crippen LogP contribution is -2.46. The third kappa shape index (κ3) is 3.57. The molecule has 1 aliphatic rings. The number of amides is 1. The molecule has 2 rings (SSSR count). The molecular weight excluding hydrogens is 236 g/mol. The first-order valence-electron chi connectivity index (χ1n) is 7.01. The van der Waals surface area contributed by atoms with E-state index in [9.17, 15) is 4.79 Å². The summed E-state index contributed by atoms with van der Waals surface area (Å²) in [4.78, 5) is 14.3. The second-order valence-electron chi connectivity index (χ2n) is 6.66. The third-order valence-corrected chi connectivity index (χ3v) is 3.57. The molecule has 1 heterocycles. The van der Waals surface area contributed by atoms with Gasteiger partial charge in [-0.05, 0) is 29.9 Å². The van der Waals surface area contributed by atoms with E-state index in [0.29, 0.717) is 13.0 Å². The average Bonchev–Trinajstić information content (AvgIpc) is 2.34. The van der Waals surface area contributed by atoms with Gasteiger partial charge in [0.1, 0.15) is 0 Å². The molecule has 0 saturated heterocycles. The van der Waals surface area contributed by atoms with Crippen LogP contribution in [0.25, 0.3) is 0 Å². The molecule has 1 atom stereocenters. The molecule has 0 bridgehead atoms. The molecule has 0 saturated carbocycles. The van der Waals surface area contributed by atoms with E-state index in [0.717, 1.165) is 18.5 Å². The molecule has 19 heavy (non-hydrogen) atoms. The molecule has 3 heteroatoms. The van der Waals surface area contributed by atoms with Crippen molar-refractivity contribution in [2.75, 3.05) is 11.4 Å². The Bertz CT molecular complexity index is 462. The monoisotopic (exact) mass is 260 g/mol. The summed E-state index contributed by atoms with van der Waals surface area (Å²) in [7, 11) is 0. The molecule has 1 aromatic rings. The van der Waals surface area contributed by atoms with Gasteiger partial charge in [-0.1, -0.05) is 39.0 Å². The minimum atomic E-state index is 0.0495. The molecule has 0 aromatic heterocycles. The quantitative estimate of drug-likeness (QED) is 0.888. The van der Waals surface area contributed by atoms with Gasteiger partial charge in [-0.25, -0.2) is 0 Å². The van der Waals surface area contributed by atoms with Crippen molar-refractivity contribution in [3.05, 3.63) is 29.8 Å². The number of hydrogen-bond acceptors (Lipinski definition) is 2. The van der Waals surface area contributed by atoms with Crippen LogP contribution in [0.3, 0.4) is 0 Å². The summed E-state index contributed by atoms with van der Waals surface area (Å²) >= 11 is 0. The first-order chi connectivity index (χ1) is 8.87. The van der Waals surface area contributed by atoms with E-state index in [2.05, 4.69) is 26.8 Å². The number of carbonyl (C=O) groups excluding carboxylic acids is 1. The van der Waals surface area contributed by atoms with Gasteiger partial charge in [-0.2, -0.15) is 0 Å². The fourth-order valence-corrected chi connectivity index (χ4v) is 2.48. The summed E-state index contributed by atoms with van der Waals surface area (Å²) in [5.41, 5.74) is 8.48. The number of nitrogens with two attached hydrogens (primary N) is 1. The maximum absolute atomic E-state index is 12.4. The van der Waals surface area contributed by atoms with Crippen molar-refractivity contribution in [3.63, 3.8) is 0 Å². The van der Waals surface area contributed by atoms with Crippen molar-refractivity contribution in [1.82, 2.24) is 0 Å². The highest BCUT2D eigenvalue weighted by atomic mass is 16.2. The highest BCUT2D eigenvalue weighted by Gasteiger charge is 2.26. The van der Waals surface area contributed by atoms with Gasteiger partial charge < -0.3 is 10.6 Å². The van der Waals surface area contributed by atoms with Crippen LogP contribution in [-0.2, 0) is 11.2 Å². The predicted molar refractivity (Wildman–Crippen MR) is 79.2 cm³/mol. The highest BCUT2D eigenvalue weighted by molar-refractivity contribution is 5.94. The van der Waals surface area contributed by atoms with Crippen molar-refractivity contribution in [2.24, 2.45) is 11.1 Å². The van der Waals surface area contributed by atoms with E-state index in [1.165, 1.54) is 5.56 Å². The van der Waals surface area contributed by atoms with Crippen LogP contribution in [0.5, 0.6) is 0 Å². The van der Waals surface area contributed by atoms with Crippen LogP contribution in [0.4, 0.5) is 5.69 Å². The van der Waals surface area contributed by atoms with Gasteiger partial charge in [0, 0.05) is 24.7 Å². The molecule has 0 spiro atoms. The van der Waals surface area contributed by atoms with E-state index in [1.807, 2.05) is 23.1 Å². The van der Waals surface area contributed by atoms with Crippen LogP contribution < -0.4 is 10.6 Å². The first kappa shape index (κ1) is 14.1. The number of para-hydroxylation sites is 1. The van der Waals surface area contributed by atoms with Crippen molar-refractivity contribution in [2.45, 2.75) is 46.1 Å². The molecule has 0 aliphatic carbocycles. The summed E-state index contributed by atoms with van der Waals surface area (Å²) in [5, 5.41) is 0. The summed E-state index contributed by atoms with van der Waals surface area (Å²) in [6.45, 7) is 7.13. The van der Waals surface area contributed by atoms with Crippen LogP contribution in [0.2, 0.25) is 0 Å². The molecular formula is C16H24N2O. The van der Waals surface area contributed by atoms with E-state index in [1.54, 1.807) is 0 Å². The molecule has 3 nitrogen and oxygen atoms in total. The molecule has 1 aromatic carbocycles. The number of benzene rings is 1. The summed E-state index contributed by atoms with van der Waals surface area (Å²) in [6, 6.07) is 8.14. The number of nitrogens with zero attached hydrogens (tertiary/aromatic N) is 1. The lowest BCUT2D eigenvalue weighted by molar-refractivity contribution is -0.119. The van der Waals surface area contributed by atoms with Gasteiger partial charge >= 0.3 is 0 Å². The Balaban J connectivity index is 2.14. The Labute approximate surface area is 115 Å². The van der Waals surface area contributed by atoms with Crippen molar-refractivity contribution in [1.29, 1.82) is 0 Å². The van der Waals surface area contributed by atoms with Crippen LogP contribution in [0.1, 0.15) is 39.2 Å². The lowest BCUT2D eigenvalue weighted by Gasteiger charge is -2.33. The lowest BCUT2D eigenvalue weighted by atomic mass is 9.90. The van der Waals surface area contributed by atoms with Gasteiger partial charge in [-0.15, -0.1) is 0 Å². The van der Waals surface area contributed by atoms with Gasteiger partial charge in [0.05, 0.1) is 0 Å². The number of carbonyl (C=O) groups is 1. The maximum atomic E-state index is 12.4. The van der Waals surface area contributed by atoms with E-state index < -0.39 is 0 Å². The molecule has 2 N–H and O–H groups in total. The van der Waals surface area contributed by atoms with Crippen LogP contribution in [0.15, 0.2) is 24.3 Å². The Hall–Kier alpha value is -1.35. The fourth-order valence-electron chi connectivity index (χ4n) is 2.48. The molecule has 0 fully saturated rings. The first-order valence-corrected chi connectivity index (χ1v) is 7.01. The average molecular weight is 260 g/mol. The Kier molecular flexibility index (Phi) is 3.95. The van der Waals surface area contributed by atoms with Gasteiger partial charge in [-0.3, -0.25) is 4.79 Å². The molecule has 1 aliphatic heterocycles. The second kappa shape index (κ2) is 5.33. The fraction of sp³-hybridized carbons (Fsp3) is 0.562.